The lowest BCUT2D eigenvalue weighted by molar-refractivity contribution is 1.50. The highest BCUT2D eigenvalue weighted by Gasteiger charge is 1.92. The van der Waals surface area contributed by atoms with Gasteiger partial charge in [0.2, 0.25) is 0 Å². The van der Waals surface area contributed by atoms with Crippen LogP contribution in [-0.4, -0.2) is 6.21 Å². The molecule has 1 aromatic heterocycles. The molecule has 0 unspecified atom stereocenters. The number of aliphatic imine (C=N–C) groups is 1. The van der Waals surface area contributed by atoms with Crippen molar-refractivity contribution < 1.29 is 0 Å². The molecule has 12 heavy (non-hydrogen) atoms. The Morgan fingerprint density at radius 1 is 1.50 bits per heavy atom. The highest BCUT2D eigenvalue weighted by Crippen LogP contribution is 2.22. The molecule has 0 radical (unpaired) electrons. The molecule has 0 saturated carbocycles. The van der Waals surface area contributed by atoms with E-state index >= 15 is 0 Å². The molecule has 1 heterocycles. The molecule has 0 amide bonds. The van der Waals surface area contributed by atoms with Crippen molar-refractivity contribution in [3.8, 4) is 0 Å². The lowest BCUT2D eigenvalue weighted by Crippen LogP contribution is -1.62. The van der Waals surface area contributed by atoms with E-state index in [9.17, 15) is 0 Å². The predicted molar refractivity (Wildman–Crippen MR) is 58.8 cm³/mol. The molecule has 2 heteroatoms. The molecule has 1 rings (SSSR count). The fourth-order valence-electron chi connectivity index (χ4n) is 0.645. The van der Waals surface area contributed by atoms with E-state index in [2.05, 4.69) is 18.5 Å². The average Bonchev–Trinajstić information content (AvgIpc) is 2.51. The second-order valence-corrected chi connectivity index (χ2v) is 3.00. The van der Waals surface area contributed by atoms with Crippen LogP contribution < -0.4 is 0 Å². The number of rotatable bonds is 2. The standard InChI is InChI=1S/C8H9NS.C2H6/c1-3-5-9-8-4-6-10-7(8)2;1-2/h3-6H,1H2,2H3;1-2H3. The Balaban J connectivity index is 0.000000561. The van der Waals surface area contributed by atoms with Crippen molar-refractivity contribution in [1.82, 2.24) is 0 Å². The van der Waals surface area contributed by atoms with Gasteiger partial charge in [-0.25, -0.2) is 0 Å². The first-order valence-corrected chi connectivity index (χ1v) is 4.91. The minimum atomic E-state index is 1.05. The van der Waals surface area contributed by atoms with Crippen LogP contribution in [0.1, 0.15) is 18.7 Å². The van der Waals surface area contributed by atoms with Gasteiger partial charge in [0.05, 0.1) is 5.69 Å². The zero-order valence-corrected chi connectivity index (χ0v) is 8.69. The SMILES string of the molecule is C=CC=Nc1ccsc1C.CC. The summed E-state index contributed by atoms with van der Waals surface area (Å²) in [6, 6.07) is 2.00. The quantitative estimate of drug-likeness (QED) is 0.612. The van der Waals surface area contributed by atoms with Crippen LogP contribution in [0.5, 0.6) is 0 Å². The predicted octanol–water partition coefficient (Wildman–Crippen LogP) is 3.97. The van der Waals surface area contributed by atoms with Gasteiger partial charge in [0.15, 0.2) is 0 Å². The van der Waals surface area contributed by atoms with Crippen LogP contribution in [0.3, 0.4) is 0 Å². The molecule has 66 valence electrons. The summed E-state index contributed by atoms with van der Waals surface area (Å²) in [6.45, 7) is 9.60. The largest absolute Gasteiger partial charge is 0.256 e. The maximum Gasteiger partial charge on any atom is 0.0765 e. The molecule has 0 aromatic carbocycles. The zero-order chi connectivity index (χ0) is 9.40. The molecule has 0 bridgehead atoms. The van der Waals surface area contributed by atoms with Gasteiger partial charge >= 0.3 is 0 Å². The first-order chi connectivity index (χ1) is 5.84. The van der Waals surface area contributed by atoms with E-state index in [1.165, 1.54) is 4.88 Å². The minimum absolute atomic E-state index is 1.05. The molecule has 0 aliphatic heterocycles. The fourth-order valence-corrected chi connectivity index (χ4v) is 1.29. The van der Waals surface area contributed by atoms with Crippen LogP contribution >= 0.6 is 11.3 Å². The van der Waals surface area contributed by atoms with E-state index in [1.54, 1.807) is 23.6 Å². The van der Waals surface area contributed by atoms with Crippen molar-refractivity contribution in [2.24, 2.45) is 4.99 Å². The van der Waals surface area contributed by atoms with Gasteiger partial charge in [-0.3, -0.25) is 4.99 Å². The Bertz CT molecular complexity index is 248. The molecule has 1 aromatic rings. The van der Waals surface area contributed by atoms with Crippen LogP contribution in [0, 0.1) is 6.92 Å². The van der Waals surface area contributed by atoms with Gasteiger partial charge in [-0.15, -0.1) is 11.3 Å². The summed E-state index contributed by atoms with van der Waals surface area (Å²) in [5.41, 5.74) is 1.05. The Labute approximate surface area is 78.5 Å². The van der Waals surface area contributed by atoms with Gasteiger partial charge in [0.25, 0.3) is 0 Å². The summed E-state index contributed by atoms with van der Waals surface area (Å²) in [5.74, 6) is 0. The van der Waals surface area contributed by atoms with Gasteiger partial charge < -0.3 is 0 Å². The Hall–Kier alpha value is -0.890. The second kappa shape index (κ2) is 6.80. The van der Waals surface area contributed by atoms with Crippen LogP contribution in [0.15, 0.2) is 29.1 Å². The summed E-state index contributed by atoms with van der Waals surface area (Å²) in [5, 5.41) is 2.03. The molecule has 0 fully saturated rings. The van der Waals surface area contributed by atoms with Crippen molar-refractivity contribution >= 4 is 23.2 Å². The van der Waals surface area contributed by atoms with Crippen LogP contribution in [0.2, 0.25) is 0 Å². The molecular weight excluding hydrogens is 166 g/mol. The average molecular weight is 181 g/mol. The minimum Gasteiger partial charge on any atom is -0.256 e. The van der Waals surface area contributed by atoms with Crippen molar-refractivity contribution in [1.29, 1.82) is 0 Å². The number of hydrogen-bond acceptors (Lipinski definition) is 2. The molecule has 0 aliphatic carbocycles. The summed E-state index contributed by atoms with van der Waals surface area (Å²) < 4.78 is 0. The molecule has 0 spiro atoms. The van der Waals surface area contributed by atoms with Gasteiger partial charge in [-0.05, 0) is 18.4 Å². The van der Waals surface area contributed by atoms with Crippen LogP contribution in [-0.2, 0) is 0 Å². The van der Waals surface area contributed by atoms with Crippen molar-refractivity contribution in [3.63, 3.8) is 0 Å². The number of allylic oxidation sites excluding steroid dienone is 1. The molecule has 0 saturated heterocycles. The zero-order valence-electron chi connectivity index (χ0n) is 7.87. The Morgan fingerprint density at radius 2 is 2.17 bits per heavy atom. The van der Waals surface area contributed by atoms with E-state index in [1.807, 2.05) is 25.3 Å². The third kappa shape index (κ3) is 3.49. The first-order valence-electron chi connectivity index (χ1n) is 4.04. The number of aryl methyl sites for hydroxylation is 1. The smallest absolute Gasteiger partial charge is 0.0765 e. The van der Waals surface area contributed by atoms with E-state index in [-0.39, 0.29) is 0 Å². The van der Waals surface area contributed by atoms with Gasteiger partial charge in [0, 0.05) is 11.1 Å². The third-order valence-corrected chi connectivity index (χ3v) is 1.99. The van der Waals surface area contributed by atoms with Crippen molar-refractivity contribution in [2.45, 2.75) is 20.8 Å². The lowest BCUT2D eigenvalue weighted by atomic mass is 10.4. The fraction of sp³-hybridized carbons (Fsp3) is 0.300. The monoisotopic (exact) mass is 181 g/mol. The summed E-state index contributed by atoms with van der Waals surface area (Å²) in [6.07, 6.45) is 3.38. The highest BCUT2D eigenvalue weighted by molar-refractivity contribution is 7.10. The normalized spacial score (nSPS) is 9.25. The molecular formula is C10H15NS. The topological polar surface area (TPSA) is 12.4 Å². The second-order valence-electron chi connectivity index (χ2n) is 1.88. The van der Waals surface area contributed by atoms with Gasteiger partial charge in [-0.1, -0.05) is 26.5 Å². The molecule has 0 aliphatic rings. The van der Waals surface area contributed by atoms with Crippen molar-refractivity contribution in [2.75, 3.05) is 0 Å². The van der Waals surface area contributed by atoms with Gasteiger partial charge in [-0.2, -0.15) is 0 Å². The number of nitrogens with zero attached hydrogens (tertiary/aromatic N) is 1. The summed E-state index contributed by atoms with van der Waals surface area (Å²) >= 11 is 1.71. The van der Waals surface area contributed by atoms with E-state index in [4.69, 9.17) is 0 Å². The van der Waals surface area contributed by atoms with E-state index in [0.717, 1.165) is 5.69 Å². The van der Waals surface area contributed by atoms with Crippen molar-refractivity contribution in [3.05, 3.63) is 29.0 Å². The number of thiophene rings is 1. The van der Waals surface area contributed by atoms with Crippen LogP contribution in [0.4, 0.5) is 5.69 Å². The molecule has 0 N–H and O–H groups in total. The highest BCUT2D eigenvalue weighted by atomic mass is 32.1. The maximum absolute atomic E-state index is 4.15. The number of hydrogen-bond donors (Lipinski definition) is 0. The lowest BCUT2D eigenvalue weighted by Gasteiger charge is -1.85. The van der Waals surface area contributed by atoms with Gasteiger partial charge in [0.1, 0.15) is 0 Å². The third-order valence-electron chi connectivity index (χ3n) is 1.15. The molecule has 0 atom stereocenters. The maximum atomic E-state index is 4.15. The van der Waals surface area contributed by atoms with Crippen LogP contribution in [0.25, 0.3) is 0 Å². The van der Waals surface area contributed by atoms with E-state index in [0.29, 0.717) is 0 Å². The first kappa shape index (κ1) is 11.1. The van der Waals surface area contributed by atoms with E-state index < -0.39 is 0 Å². The summed E-state index contributed by atoms with van der Waals surface area (Å²) in [4.78, 5) is 5.40. The Morgan fingerprint density at radius 3 is 2.58 bits per heavy atom. The Kier molecular flexibility index (Phi) is 6.29. The summed E-state index contributed by atoms with van der Waals surface area (Å²) in [7, 11) is 0. The molecule has 1 nitrogen and oxygen atoms in total.